The summed E-state index contributed by atoms with van der Waals surface area (Å²) in [6, 6.07) is 17.8. The summed E-state index contributed by atoms with van der Waals surface area (Å²) in [5.41, 5.74) is 2.27. The second kappa shape index (κ2) is 8.28. The van der Waals surface area contributed by atoms with E-state index in [-0.39, 0.29) is 10.9 Å². The van der Waals surface area contributed by atoms with Gasteiger partial charge in [-0.3, -0.25) is 0 Å². The summed E-state index contributed by atoms with van der Waals surface area (Å²) >= 11 is 0. The molecule has 0 bridgehead atoms. The van der Waals surface area contributed by atoms with Gasteiger partial charge in [-0.15, -0.1) is 0 Å². The number of aliphatic hydroxyl groups excluding tert-OH is 1. The Hall–Kier alpha value is -2.81. The maximum absolute atomic E-state index is 12.3. The maximum Gasteiger partial charge on any atom is 0.240 e. The van der Waals surface area contributed by atoms with Crippen LogP contribution in [0.2, 0.25) is 0 Å². The van der Waals surface area contributed by atoms with Crippen molar-refractivity contribution in [2.75, 3.05) is 11.9 Å². The molecule has 7 nitrogen and oxygen atoms in total. The SMILES string of the molecule is O=S(=O)(NC1CC1)c1ccc(-c2cc(NC[C@@H](O)c3ccccc3)ncn2)cc1. The normalized spacial score (nSPS) is 15.1. The van der Waals surface area contributed by atoms with Crippen LogP contribution in [0, 0.1) is 0 Å². The molecule has 0 radical (unpaired) electrons. The van der Waals surface area contributed by atoms with E-state index in [9.17, 15) is 13.5 Å². The third-order valence-corrected chi connectivity index (χ3v) is 6.22. The number of aliphatic hydroxyl groups is 1. The van der Waals surface area contributed by atoms with Gasteiger partial charge >= 0.3 is 0 Å². The van der Waals surface area contributed by atoms with E-state index in [0.29, 0.717) is 18.1 Å². The molecule has 1 aromatic heterocycles. The lowest BCUT2D eigenvalue weighted by atomic mass is 10.1. The molecular formula is C21H22N4O3S. The molecule has 2 aromatic carbocycles. The van der Waals surface area contributed by atoms with E-state index < -0.39 is 16.1 Å². The van der Waals surface area contributed by atoms with Gasteiger partial charge in [-0.1, -0.05) is 42.5 Å². The number of hydrogen-bond acceptors (Lipinski definition) is 6. The summed E-state index contributed by atoms with van der Waals surface area (Å²) in [4.78, 5) is 8.70. The van der Waals surface area contributed by atoms with Crippen LogP contribution in [-0.2, 0) is 10.0 Å². The largest absolute Gasteiger partial charge is 0.387 e. The van der Waals surface area contributed by atoms with Crippen molar-refractivity contribution in [3.63, 3.8) is 0 Å². The van der Waals surface area contributed by atoms with Gasteiger partial charge < -0.3 is 10.4 Å². The molecule has 3 N–H and O–H groups in total. The Kier molecular flexibility index (Phi) is 5.57. The second-order valence-corrected chi connectivity index (χ2v) is 8.73. The molecule has 0 amide bonds. The molecule has 1 aliphatic rings. The first-order valence-corrected chi connectivity index (χ1v) is 10.9. The molecule has 29 heavy (non-hydrogen) atoms. The van der Waals surface area contributed by atoms with Crippen molar-refractivity contribution in [3.8, 4) is 11.3 Å². The van der Waals surface area contributed by atoms with Gasteiger partial charge in [0.15, 0.2) is 0 Å². The fourth-order valence-corrected chi connectivity index (χ4v) is 4.20. The standard InChI is InChI=1S/C21H22N4O3S/c26-20(16-4-2-1-3-5-16)13-22-21-12-19(23-14-24-21)15-6-10-18(11-7-15)29(27,28)25-17-8-9-17/h1-7,10-12,14,17,20,25-26H,8-9,13H2,(H,22,23,24)/t20-/m1/s1. The fraction of sp³-hybridized carbons (Fsp3) is 0.238. The minimum absolute atomic E-state index is 0.0708. The van der Waals surface area contributed by atoms with E-state index in [1.54, 1.807) is 30.3 Å². The van der Waals surface area contributed by atoms with Crippen LogP contribution in [-0.4, -0.2) is 36.1 Å². The highest BCUT2D eigenvalue weighted by molar-refractivity contribution is 7.89. The lowest BCUT2D eigenvalue weighted by molar-refractivity contribution is 0.191. The Morgan fingerprint density at radius 2 is 1.76 bits per heavy atom. The summed E-state index contributed by atoms with van der Waals surface area (Å²) in [7, 11) is -3.47. The second-order valence-electron chi connectivity index (χ2n) is 7.02. The number of rotatable bonds is 8. The number of hydrogen-bond donors (Lipinski definition) is 3. The zero-order chi connectivity index (χ0) is 20.3. The molecule has 1 heterocycles. The Labute approximate surface area is 169 Å². The topological polar surface area (TPSA) is 104 Å². The number of benzene rings is 2. The molecule has 1 aliphatic carbocycles. The van der Waals surface area contributed by atoms with E-state index >= 15 is 0 Å². The highest BCUT2D eigenvalue weighted by Crippen LogP contribution is 2.24. The Morgan fingerprint density at radius 3 is 2.45 bits per heavy atom. The quantitative estimate of drug-likeness (QED) is 0.527. The Bertz CT molecular complexity index is 1070. The molecule has 0 aliphatic heterocycles. The first-order valence-electron chi connectivity index (χ1n) is 9.43. The first-order chi connectivity index (χ1) is 14.0. The third-order valence-electron chi connectivity index (χ3n) is 4.69. The zero-order valence-corrected chi connectivity index (χ0v) is 16.5. The van der Waals surface area contributed by atoms with Crippen LogP contribution in [0.15, 0.2) is 71.9 Å². The molecule has 4 rings (SSSR count). The molecule has 0 unspecified atom stereocenters. The van der Waals surface area contributed by atoms with E-state index in [0.717, 1.165) is 24.0 Å². The van der Waals surface area contributed by atoms with E-state index in [1.165, 1.54) is 6.33 Å². The van der Waals surface area contributed by atoms with Crippen molar-refractivity contribution in [1.82, 2.24) is 14.7 Å². The Morgan fingerprint density at radius 1 is 1.03 bits per heavy atom. The van der Waals surface area contributed by atoms with E-state index in [1.807, 2.05) is 30.3 Å². The monoisotopic (exact) mass is 410 g/mol. The van der Waals surface area contributed by atoms with Crippen LogP contribution in [0.1, 0.15) is 24.5 Å². The summed E-state index contributed by atoms with van der Waals surface area (Å²) in [5.74, 6) is 0.581. The minimum Gasteiger partial charge on any atom is -0.387 e. The van der Waals surface area contributed by atoms with Gasteiger partial charge in [-0.05, 0) is 30.5 Å². The van der Waals surface area contributed by atoms with Crippen LogP contribution >= 0.6 is 0 Å². The molecule has 0 spiro atoms. The molecule has 0 saturated heterocycles. The van der Waals surface area contributed by atoms with Gasteiger partial charge in [0.05, 0.1) is 16.7 Å². The zero-order valence-electron chi connectivity index (χ0n) is 15.7. The number of aromatic nitrogens is 2. The summed E-state index contributed by atoms with van der Waals surface area (Å²) < 4.78 is 27.2. The average molecular weight is 410 g/mol. The predicted molar refractivity (Wildman–Crippen MR) is 111 cm³/mol. The summed E-state index contributed by atoms with van der Waals surface area (Å²) in [6.45, 7) is 0.310. The van der Waals surface area contributed by atoms with Crippen LogP contribution in [0.4, 0.5) is 5.82 Å². The van der Waals surface area contributed by atoms with Crippen LogP contribution in [0.5, 0.6) is 0 Å². The minimum atomic E-state index is -3.47. The van der Waals surface area contributed by atoms with Crippen LogP contribution in [0.3, 0.4) is 0 Å². The maximum atomic E-state index is 12.3. The van der Waals surface area contributed by atoms with Crippen molar-refractivity contribution < 1.29 is 13.5 Å². The van der Waals surface area contributed by atoms with Gasteiger partial charge in [0.2, 0.25) is 10.0 Å². The molecular weight excluding hydrogens is 388 g/mol. The molecule has 8 heteroatoms. The van der Waals surface area contributed by atoms with Gasteiger partial charge in [0.25, 0.3) is 0 Å². The van der Waals surface area contributed by atoms with E-state index in [2.05, 4.69) is 20.0 Å². The van der Waals surface area contributed by atoms with Gasteiger partial charge in [-0.25, -0.2) is 23.1 Å². The molecule has 1 saturated carbocycles. The Balaban J connectivity index is 1.44. The van der Waals surface area contributed by atoms with Crippen molar-refractivity contribution in [2.45, 2.75) is 29.9 Å². The highest BCUT2D eigenvalue weighted by Gasteiger charge is 2.27. The third kappa shape index (κ3) is 4.97. The summed E-state index contributed by atoms with van der Waals surface area (Å²) in [5, 5.41) is 13.4. The van der Waals surface area contributed by atoms with Gasteiger partial charge in [0.1, 0.15) is 12.1 Å². The number of nitrogens with one attached hydrogen (secondary N) is 2. The fourth-order valence-electron chi connectivity index (χ4n) is 2.90. The highest BCUT2D eigenvalue weighted by atomic mass is 32.2. The van der Waals surface area contributed by atoms with Crippen molar-refractivity contribution in [2.24, 2.45) is 0 Å². The lowest BCUT2D eigenvalue weighted by Crippen LogP contribution is -2.25. The first kappa shape index (κ1) is 19.5. The number of sulfonamides is 1. The number of nitrogens with zero attached hydrogens (tertiary/aromatic N) is 2. The predicted octanol–water partition coefficient (Wildman–Crippen LogP) is 2.73. The van der Waals surface area contributed by atoms with Gasteiger partial charge in [-0.2, -0.15) is 0 Å². The molecule has 1 atom stereocenters. The molecule has 1 fully saturated rings. The number of anilines is 1. The van der Waals surface area contributed by atoms with Crippen LogP contribution < -0.4 is 10.0 Å². The average Bonchev–Trinajstić information content (AvgIpc) is 3.56. The molecule has 3 aromatic rings. The smallest absolute Gasteiger partial charge is 0.240 e. The van der Waals surface area contributed by atoms with Crippen LogP contribution in [0.25, 0.3) is 11.3 Å². The van der Waals surface area contributed by atoms with E-state index in [4.69, 9.17) is 0 Å². The summed E-state index contributed by atoms with van der Waals surface area (Å²) in [6.07, 6.45) is 2.57. The molecule has 150 valence electrons. The van der Waals surface area contributed by atoms with Crippen molar-refractivity contribution in [1.29, 1.82) is 0 Å². The lowest BCUT2D eigenvalue weighted by Gasteiger charge is -2.13. The van der Waals surface area contributed by atoms with Crippen molar-refractivity contribution in [3.05, 3.63) is 72.6 Å². The van der Waals surface area contributed by atoms with Crippen molar-refractivity contribution >= 4 is 15.8 Å². The van der Waals surface area contributed by atoms with Gasteiger partial charge in [0, 0.05) is 24.2 Å².